The Morgan fingerprint density at radius 1 is 1.30 bits per heavy atom. The number of rotatable bonds is 7. The average molecular weight is 332 g/mol. The molecule has 0 aliphatic carbocycles. The van der Waals surface area contributed by atoms with E-state index >= 15 is 0 Å². The smallest absolute Gasteiger partial charge is 0.264 e. The van der Waals surface area contributed by atoms with Crippen LogP contribution in [0.4, 0.5) is 0 Å². The van der Waals surface area contributed by atoms with E-state index in [9.17, 15) is 14.7 Å². The van der Waals surface area contributed by atoms with E-state index in [1.807, 2.05) is 37.3 Å². The fraction of sp³-hybridized carbons (Fsp3) is 0.294. The topological polar surface area (TPSA) is 83.6 Å². The van der Waals surface area contributed by atoms with Crippen LogP contribution >= 0.6 is 11.3 Å². The van der Waals surface area contributed by atoms with E-state index in [2.05, 4.69) is 0 Å². The molecule has 0 fully saturated rings. The van der Waals surface area contributed by atoms with Gasteiger partial charge in [0.15, 0.2) is 0 Å². The first-order valence-electron chi connectivity index (χ1n) is 7.37. The molecule has 23 heavy (non-hydrogen) atoms. The number of primary amides is 1. The third-order valence-electron chi connectivity index (χ3n) is 3.63. The number of carbonyl (C=O) groups is 2. The van der Waals surface area contributed by atoms with Crippen LogP contribution in [0.3, 0.4) is 0 Å². The van der Waals surface area contributed by atoms with Crippen molar-refractivity contribution in [3.8, 4) is 0 Å². The summed E-state index contributed by atoms with van der Waals surface area (Å²) in [6.07, 6.45) is 0.493. The predicted octanol–water partition coefficient (Wildman–Crippen LogP) is 2.26. The standard InChI is InChI=1S/C17H20N2O3S/c1-12(7-8-20)19(10-13-5-3-2-4-6-13)17(22)15-9-14(11-23-15)16(18)21/h2-6,9,11-12,20H,7-8,10H2,1H3,(H2,18,21). The van der Waals surface area contributed by atoms with E-state index in [0.29, 0.717) is 23.4 Å². The van der Waals surface area contributed by atoms with Crippen molar-refractivity contribution < 1.29 is 14.7 Å². The van der Waals surface area contributed by atoms with Gasteiger partial charge in [-0.1, -0.05) is 30.3 Å². The Morgan fingerprint density at radius 2 is 2.00 bits per heavy atom. The highest BCUT2D eigenvalue weighted by atomic mass is 32.1. The normalized spacial score (nSPS) is 11.9. The number of amides is 2. The summed E-state index contributed by atoms with van der Waals surface area (Å²) >= 11 is 1.21. The molecule has 2 aromatic rings. The van der Waals surface area contributed by atoms with Gasteiger partial charge >= 0.3 is 0 Å². The van der Waals surface area contributed by atoms with Crippen LogP contribution in [0.5, 0.6) is 0 Å². The van der Waals surface area contributed by atoms with Crippen molar-refractivity contribution in [2.24, 2.45) is 5.73 Å². The lowest BCUT2D eigenvalue weighted by molar-refractivity contribution is 0.0653. The Labute approximate surface area is 139 Å². The van der Waals surface area contributed by atoms with Crippen LogP contribution in [0.25, 0.3) is 0 Å². The minimum Gasteiger partial charge on any atom is -0.396 e. The summed E-state index contributed by atoms with van der Waals surface area (Å²) in [6, 6.07) is 11.1. The van der Waals surface area contributed by atoms with Gasteiger partial charge in [0.2, 0.25) is 5.91 Å². The highest BCUT2D eigenvalue weighted by molar-refractivity contribution is 7.12. The van der Waals surface area contributed by atoms with E-state index < -0.39 is 5.91 Å². The quantitative estimate of drug-likeness (QED) is 0.816. The second kappa shape index (κ2) is 7.89. The summed E-state index contributed by atoms with van der Waals surface area (Å²) < 4.78 is 0. The molecule has 1 atom stereocenters. The van der Waals surface area contributed by atoms with Gasteiger partial charge in [-0.2, -0.15) is 0 Å². The summed E-state index contributed by atoms with van der Waals surface area (Å²) in [6.45, 7) is 2.36. The number of aliphatic hydroxyl groups excluding tert-OH is 1. The zero-order chi connectivity index (χ0) is 16.8. The number of benzene rings is 1. The molecule has 122 valence electrons. The fourth-order valence-electron chi connectivity index (χ4n) is 2.27. The average Bonchev–Trinajstić information content (AvgIpc) is 3.03. The van der Waals surface area contributed by atoms with Crippen molar-refractivity contribution in [1.82, 2.24) is 4.90 Å². The molecule has 2 amide bonds. The van der Waals surface area contributed by atoms with Crippen molar-refractivity contribution >= 4 is 23.2 Å². The van der Waals surface area contributed by atoms with Crippen LogP contribution in [-0.4, -0.2) is 34.5 Å². The maximum Gasteiger partial charge on any atom is 0.264 e. The maximum atomic E-state index is 12.8. The van der Waals surface area contributed by atoms with Crippen molar-refractivity contribution in [1.29, 1.82) is 0 Å². The Bertz CT molecular complexity index is 669. The van der Waals surface area contributed by atoms with Gasteiger partial charge in [0.25, 0.3) is 5.91 Å². The molecule has 5 nitrogen and oxygen atoms in total. The monoisotopic (exact) mass is 332 g/mol. The van der Waals surface area contributed by atoms with Crippen LogP contribution in [-0.2, 0) is 6.54 Å². The molecule has 0 saturated carbocycles. The Balaban J connectivity index is 2.24. The lowest BCUT2D eigenvalue weighted by Crippen LogP contribution is -2.38. The summed E-state index contributed by atoms with van der Waals surface area (Å²) in [5.41, 5.74) is 6.60. The molecular weight excluding hydrogens is 312 g/mol. The number of thiophene rings is 1. The lowest BCUT2D eigenvalue weighted by Gasteiger charge is -2.28. The van der Waals surface area contributed by atoms with Gasteiger partial charge in [-0.25, -0.2) is 0 Å². The van der Waals surface area contributed by atoms with E-state index in [1.54, 1.807) is 10.3 Å². The molecule has 0 aliphatic rings. The molecule has 1 aromatic heterocycles. The summed E-state index contributed by atoms with van der Waals surface area (Å²) in [7, 11) is 0. The summed E-state index contributed by atoms with van der Waals surface area (Å²) in [5.74, 6) is -0.703. The first-order valence-corrected chi connectivity index (χ1v) is 8.25. The fourth-order valence-corrected chi connectivity index (χ4v) is 3.12. The number of hydrogen-bond donors (Lipinski definition) is 2. The first kappa shape index (κ1) is 17.2. The number of nitrogens with two attached hydrogens (primary N) is 1. The van der Waals surface area contributed by atoms with E-state index in [4.69, 9.17) is 5.73 Å². The Kier molecular flexibility index (Phi) is 5.90. The molecule has 1 aromatic carbocycles. The van der Waals surface area contributed by atoms with Crippen molar-refractivity contribution in [2.45, 2.75) is 25.9 Å². The van der Waals surface area contributed by atoms with Gasteiger partial charge in [0, 0.05) is 24.6 Å². The van der Waals surface area contributed by atoms with Gasteiger partial charge in [-0.3, -0.25) is 9.59 Å². The maximum absolute atomic E-state index is 12.8. The molecule has 3 N–H and O–H groups in total. The van der Waals surface area contributed by atoms with E-state index in [0.717, 1.165) is 5.56 Å². The molecular formula is C17H20N2O3S. The van der Waals surface area contributed by atoms with Crippen LogP contribution in [0.1, 0.15) is 38.9 Å². The third kappa shape index (κ3) is 4.40. The zero-order valence-corrected chi connectivity index (χ0v) is 13.8. The molecule has 0 radical (unpaired) electrons. The minimum atomic E-state index is -0.543. The van der Waals surface area contributed by atoms with Crippen LogP contribution in [0.2, 0.25) is 0 Å². The molecule has 1 unspecified atom stereocenters. The Hall–Kier alpha value is -2.18. The number of carbonyl (C=O) groups excluding carboxylic acids is 2. The highest BCUT2D eigenvalue weighted by Crippen LogP contribution is 2.20. The molecule has 0 spiro atoms. The summed E-state index contributed by atoms with van der Waals surface area (Å²) in [4.78, 5) is 26.2. The number of hydrogen-bond acceptors (Lipinski definition) is 4. The van der Waals surface area contributed by atoms with Crippen molar-refractivity contribution in [3.63, 3.8) is 0 Å². The van der Waals surface area contributed by atoms with E-state index in [-0.39, 0.29) is 18.6 Å². The minimum absolute atomic E-state index is 0.0106. The molecule has 0 bridgehead atoms. The zero-order valence-electron chi connectivity index (χ0n) is 12.9. The van der Waals surface area contributed by atoms with Crippen molar-refractivity contribution in [2.75, 3.05) is 6.61 Å². The van der Waals surface area contributed by atoms with E-state index in [1.165, 1.54) is 17.4 Å². The number of aliphatic hydroxyl groups is 1. The molecule has 0 saturated heterocycles. The molecule has 1 heterocycles. The van der Waals surface area contributed by atoms with Gasteiger partial charge in [0.1, 0.15) is 0 Å². The SMILES string of the molecule is CC(CCO)N(Cc1ccccc1)C(=O)c1cc(C(N)=O)cs1. The van der Waals surface area contributed by atoms with Gasteiger partial charge in [0.05, 0.1) is 10.4 Å². The first-order chi connectivity index (χ1) is 11.0. The number of nitrogens with zero attached hydrogens (tertiary/aromatic N) is 1. The second-order valence-corrected chi connectivity index (χ2v) is 6.26. The van der Waals surface area contributed by atoms with Crippen LogP contribution < -0.4 is 5.73 Å². The largest absolute Gasteiger partial charge is 0.396 e. The van der Waals surface area contributed by atoms with Gasteiger partial charge < -0.3 is 15.7 Å². The van der Waals surface area contributed by atoms with Gasteiger partial charge in [-0.15, -0.1) is 11.3 Å². The van der Waals surface area contributed by atoms with Crippen LogP contribution in [0, 0.1) is 0 Å². The third-order valence-corrected chi connectivity index (χ3v) is 4.55. The highest BCUT2D eigenvalue weighted by Gasteiger charge is 2.23. The van der Waals surface area contributed by atoms with Gasteiger partial charge in [-0.05, 0) is 25.0 Å². The second-order valence-electron chi connectivity index (χ2n) is 5.34. The molecule has 6 heteroatoms. The van der Waals surface area contributed by atoms with Crippen molar-refractivity contribution in [3.05, 3.63) is 57.8 Å². The molecule has 0 aliphatic heterocycles. The summed E-state index contributed by atoms with van der Waals surface area (Å²) in [5, 5.41) is 10.8. The molecule has 2 rings (SSSR count). The predicted molar refractivity (Wildman–Crippen MR) is 90.3 cm³/mol. The Morgan fingerprint density at radius 3 is 2.57 bits per heavy atom. The van der Waals surface area contributed by atoms with Crippen LogP contribution in [0.15, 0.2) is 41.8 Å². The lowest BCUT2D eigenvalue weighted by atomic mass is 10.1.